The zero-order valence-electron chi connectivity index (χ0n) is 12.0. The van der Waals surface area contributed by atoms with Gasteiger partial charge in [-0.05, 0) is 20.3 Å². The van der Waals surface area contributed by atoms with Crippen LogP contribution in [0.5, 0.6) is 0 Å². The number of unbranched alkanes of at least 4 members (excludes halogenated alkanes) is 3. The van der Waals surface area contributed by atoms with E-state index in [0.29, 0.717) is 23.6 Å². The summed E-state index contributed by atoms with van der Waals surface area (Å²) < 4.78 is 32.5. The van der Waals surface area contributed by atoms with Crippen molar-refractivity contribution in [2.24, 2.45) is 5.73 Å². The third kappa shape index (κ3) is 4.06. The lowest BCUT2D eigenvalue weighted by molar-refractivity contribution is 0.494. The van der Waals surface area contributed by atoms with E-state index in [4.69, 9.17) is 10.2 Å². The van der Waals surface area contributed by atoms with Crippen LogP contribution in [-0.2, 0) is 16.6 Å². The van der Waals surface area contributed by atoms with E-state index in [0.717, 1.165) is 25.7 Å². The van der Waals surface area contributed by atoms with Crippen molar-refractivity contribution in [1.29, 1.82) is 0 Å². The van der Waals surface area contributed by atoms with Gasteiger partial charge in [-0.25, -0.2) is 13.1 Å². The summed E-state index contributed by atoms with van der Waals surface area (Å²) >= 11 is 0. The Labute approximate surface area is 115 Å². The van der Waals surface area contributed by atoms with Crippen LogP contribution in [0, 0.1) is 13.8 Å². The van der Waals surface area contributed by atoms with E-state index in [2.05, 4.69) is 11.6 Å². The normalized spacial score (nSPS) is 12.0. The number of hydrogen-bond donors (Lipinski definition) is 2. The van der Waals surface area contributed by atoms with Gasteiger partial charge >= 0.3 is 0 Å². The van der Waals surface area contributed by atoms with E-state index in [-0.39, 0.29) is 11.4 Å². The molecule has 1 rings (SSSR count). The molecule has 0 aliphatic heterocycles. The van der Waals surface area contributed by atoms with Crippen molar-refractivity contribution in [3.63, 3.8) is 0 Å². The minimum absolute atomic E-state index is 0.162. The quantitative estimate of drug-likeness (QED) is 0.718. The maximum atomic E-state index is 12.3. The Morgan fingerprint density at radius 1 is 1.16 bits per heavy atom. The summed E-state index contributed by atoms with van der Waals surface area (Å²) in [5, 5.41) is 0. The number of aryl methyl sites for hydroxylation is 2. The van der Waals surface area contributed by atoms with Gasteiger partial charge in [0.15, 0.2) is 0 Å². The predicted molar refractivity (Wildman–Crippen MR) is 75.4 cm³/mol. The Balaban J connectivity index is 2.77. The van der Waals surface area contributed by atoms with Crippen LogP contribution in [0.4, 0.5) is 0 Å². The standard InChI is InChI=1S/C13H24N2O3S/c1-4-5-6-7-8-15-19(16,17)13-11(3)18-10(2)12(13)9-14/h15H,4-9,14H2,1-3H3. The third-order valence-corrected chi connectivity index (χ3v) is 4.78. The lowest BCUT2D eigenvalue weighted by atomic mass is 10.2. The number of rotatable bonds is 8. The van der Waals surface area contributed by atoms with Crippen molar-refractivity contribution in [2.45, 2.75) is 57.9 Å². The molecule has 0 amide bonds. The van der Waals surface area contributed by atoms with E-state index >= 15 is 0 Å². The molecule has 1 heterocycles. The van der Waals surface area contributed by atoms with Crippen molar-refractivity contribution >= 4 is 10.0 Å². The number of hydrogen-bond acceptors (Lipinski definition) is 4. The number of sulfonamides is 1. The van der Waals surface area contributed by atoms with Crippen LogP contribution < -0.4 is 10.5 Å². The molecule has 0 aliphatic carbocycles. The van der Waals surface area contributed by atoms with Gasteiger partial charge in [0.2, 0.25) is 10.0 Å². The van der Waals surface area contributed by atoms with Crippen molar-refractivity contribution < 1.29 is 12.8 Å². The monoisotopic (exact) mass is 288 g/mol. The fourth-order valence-electron chi connectivity index (χ4n) is 2.13. The van der Waals surface area contributed by atoms with Crippen LogP contribution in [0.1, 0.15) is 49.7 Å². The van der Waals surface area contributed by atoms with Gasteiger partial charge in [0.1, 0.15) is 16.4 Å². The summed E-state index contributed by atoms with van der Waals surface area (Å²) in [6.07, 6.45) is 4.14. The second kappa shape index (κ2) is 7.07. The van der Waals surface area contributed by atoms with Crippen LogP contribution in [0.15, 0.2) is 9.31 Å². The summed E-state index contributed by atoms with van der Waals surface area (Å²) in [6, 6.07) is 0. The van der Waals surface area contributed by atoms with Gasteiger partial charge in [-0.2, -0.15) is 0 Å². The average molecular weight is 288 g/mol. The molecule has 0 saturated carbocycles. The third-order valence-electron chi connectivity index (χ3n) is 3.12. The Kier molecular flexibility index (Phi) is 6.03. The Morgan fingerprint density at radius 3 is 2.42 bits per heavy atom. The number of furan rings is 1. The van der Waals surface area contributed by atoms with Crippen molar-refractivity contribution in [2.75, 3.05) is 6.54 Å². The van der Waals surface area contributed by atoms with E-state index in [1.54, 1.807) is 13.8 Å². The van der Waals surface area contributed by atoms with Gasteiger partial charge in [-0.1, -0.05) is 26.2 Å². The second-order valence-corrected chi connectivity index (χ2v) is 6.39. The maximum absolute atomic E-state index is 12.3. The highest BCUT2D eigenvalue weighted by Gasteiger charge is 2.25. The maximum Gasteiger partial charge on any atom is 0.244 e. The fraction of sp³-hybridized carbons (Fsp3) is 0.692. The second-order valence-electron chi connectivity index (χ2n) is 4.68. The highest BCUT2D eigenvalue weighted by atomic mass is 32.2. The molecule has 0 atom stereocenters. The number of nitrogens with two attached hydrogens (primary N) is 1. The Hall–Kier alpha value is -0.850. The molecule has 0 radical (unpaired) electrons. The molecule has 0 aliphatic rings. The lowest BCUT2D eigenvalue weighted by Gasteiger charge is -2.07. The van der Waals surface area contributed by atoms with Crippen molar-refractivity contribution in [1.82, 2.24) is 4.72 Å². The van der Waals surface area contributed by atoms with Crippen molar-refractivity contribution in [3.8, 4) is 0 Å². The largest absolute Gasteiger partial charge is 0.465 e. The SMILES string of the molecule is CCCCCCNS(=O)(=O)c1c(C)oc(C)c1CN. The molecule has 0 aromatic carbocycles. The van der Waals surface area contributed by atoms with Gasteiger partial charge in [0.25, 0.3) is 0 Å². The molecule has 0 bridgehead atoms. The first-order valence-corrected chi connectivity index (χ1v) is 8.21. The molecule has 5 nitrogen and oxygen atoms in total. The highest BCUT2D eigenvalue weighted by molar-refractivity contribution is 7.89. The van der Waals surface area contributed by atoms with Crippen LogP contribution in [0.3, 0.4) is 0 Å². The van der Waals surface area contributed by atoms with Gasteiger partial charge in [0, 0.05) is 18.7 Å². The summed E-state index contributed by atoms with van der Waals surface area (Å²) in [4.78, 5) is 0.211. The summed E-state index contributed by atoms with van der Waals surface area (Å²) in [6.45, 7) is 6.12. The minimum Gasteiger partial charge on any atom is -0.465 e. The molecule has 0 spiro atoms. The lowest BCUT2D eigenvalue weighted by Crippen LogP contribution is -2.26. The molecule has 0 unspecified atom stereocenters. The number of nitrogens with one attached hydrogen (secondary N) is 1. The van der Waals surface area contributed by atoms with E-state index in [1.165, 1.54) is 0 Å². The smallest absolute Gasteiger partial charge is 0.244 e. The highest BCUT2D eigenvalue weighted by Crippen LogP contribution is 2.25. The molecule has 1 aromatic rings. The molecule has 0 saturated heterocycles. The van der Waals surface area contributed by atoms with Gasteiger partial charge < -0.3 is 10.2 Å². The molecule has 1 aromatic heterocycles. The Morgan fingerprint density at radius 2 is 1.84 bits per heavy atom. The Bertz CT molecular complexity index is 506. The molecular formula is C13H24N2O3S. The van der Waals surface area contributed by atoms with Crippen molar-refractivity contribution in [3.05, 3.63) is 17.1 Å². The van der Waals surface area contributed by atoms with Crippen LogP contribution in [-0.4, -0.2) is 15.0 Å². The zero-order chi connectivity index (χ0) is 14.5. The van der Waals surface area contributed by atoms with Crippen LogP contribution in [0.25, 0.3) is 0 Å². The van der Waals surface area contributed by atoms with Gasteiger partial charge in [-0.15, -0.1) is 0 Å². The van der Waals surface area contributed by atoms with E-state index in [1.807, 2.05) is 0 Å². The summed E-state index contributed by atoms with van der Waals surface area (Å²) in [5.74, 6) is 0.977. The van der Waals surface area contributed by atoms with Gasteiger partial charge in [-0.3, -0.25) is 0 Å². The van der Waals surface area contributed by atoms with E-state index in [9.17, 15) is 8.42 Å². The van der Waals surface area contributed by atoms with Gasteiger partial charge in [0.05, 0.1) is 0 Å². The molecular weight excluding hydrogens is 264 g/mol. The average Bonchev–Trinajstić information content (AvgIpc) is 2.63. The topological polar surface area (TPSA) is 85.3 Å². The first-order valence-electron chi connectivity index (χ1n) is 6.72. The van der Waals surface area contributed by atoms with E-state index < -0.39 is 10.0 Å². The molecule has 110 valence electrons. The summed E-state index contributed by atoms with van der Waals surface area (Å²) in [5.41, 5.74) is 6.17. The first kappa shape index (κ1) is 16.2. The predicted octanol–water partition coefficient (Wildman–Crippen LogP) is 2.21. The summed E-state index contributed by atoms with van der Waals surface area (Å²) in [7, 11) is -3.52. The van der Waals surface area contributed by atoms with Crippen LogP contribution >= 0.6 is 0 Å². The first-order chi connectivity index (χ1) is 8.94. The fourth-order valence-corrected chi connectivity index (χ4v) is 3.66. The molecule has 6 heteroatoms. The molecule has 3 N–H and O–H groups in total. The molecule has 19 heavy (non-hydrogen) atoms. The van der Waals surface area contributed by atoms with Crippen LogP contribution in [0.2, 0.25) is 0 Å². The molecule has 0 fully saturated rings. The zero-order valence-corrected chi connectivity index (χ0v) is 12.8. The minimum atomic E-state index is -3.52.